The molecule has 0 saturated heterocycles. The number of carbonyl (C=O) groups excluding carboxylic acids is 1. The van der Waals surface area contributed by atoms with Crippen LogP contribution in [0.3, 0.4) is 0 Å². The third-order valence-corrected chi connectivity index (χ3v) is 6.02. The number of pyridine rings is 1. The molecule has 3 aromatic rings. The number of ether oxygens (including phenoxy) is 2. The van der Waals surface area contributed by atoms with Gasteiger partial charge in [0.15, 0.2) is 17.1 Å². The lowest BCUT2D eigenvalue weighted by Gasteiger charge is -2.26. The average Bonchev–Trinajstić information content (AvgIpc) is 2.83. The van der Waals surface area contributed by atoms with Crippen molar-refractivity contribution in [3.05, 3.63) is 61.9 Å². The molecule has 1 N–H and O–H groups in total. The Labute approximate surface area is 203 Å². The molecule has 9 heteroatoms. The molecule has 0 fully saturated rings. The zero-order valence-electron chi connectivity index (χ0n) is 20.9. The molecule has 0 saturated carbocycles. The van der Waals surface area contributed by atoms with E-state index in [2.05, 4.69) is 9.97 Å². The van der Waals surface area contributed by atoms with Gasteiger partial charge in [-0.2, -0.15) is 0 Å². The summed E-state index contributed by atoms with van der Waals surface area (Å²) in [6.45, 7) is 11.8. The predicted octanol–water partition coefficient (Wildman–Crippen LogP) is 3.30. The van der Waals surface area contributed by atoms with Crippen molar-refractivity contribution in [2.24, 2.45) is 5.92 Å². The largest absolute Gasteiger partial charge is 0.486 e. The van der Waals surface area contributed by atoms with Gasteiger partial charge in [0.2, 0.25) is 0 Å². The van der Waals surface area contributed by atoms with Gasteiger partial charge in [-0.3, -0.25) is 19.1 Å². The van der Waals surface area contributed by atoms with Crippen LogP contribution in [-0.2, 0) is 13.1 Å². The first kappa shape index (κ1) is 24.5. The van der Waals surface area contributed by atoms with E-state index in [0.717, 1.165) is 5.56 Å². The minimum Gasteiger partial charge on any atom is -0.486 e. The van der Waals surface area contributed by atoms with Crippen molar-refractivity contribution in [3.63, 3.8) is 0 Å². The zero-order chi connectivity index (χ0) is 25.3. The maximum Gasteiger partial charge on any atom is 0.330 e. The monoisotopic (exact) mass is 480 g/mol. The number of H-pyrrole nitrogens is 1. The number of para-hydroxylation sites is 1. The van der Waals surface area contributed by atoms with Gasteiger partial charge in [-0.25, -0.2) is 9.78 Å². The Morgan fingerprint density at radius 2 is 1.91 bits per heavy atom. The van der Waals surface area contributed by atoms with Gasteiger partial charge in [0, 0.05) is 30.9 Å². The van der Waals surface area contributed by atoms with Gasteiger partial charge in [0.1, 0.15) is 13.2 Å². The van der Waals surface area contributed by atoms with Crippen LogP contribution in [0.2, 0.25) is 0 Å². The quantitative estimate of drug-likeness (QED) is 0.556. The number of carbonyl (C=O) groups is 1. The second-order valence-corrected chi connectivity index (χ2v) is 9.47. The standard InChI is InChI=1S/C26H32N4O5/c1-6-29(14-17-8-7-9-20-22(17)35-11-10-34-20)25(32)18-12-19(16(4)5)27-23-21(18)24(31)28-26(33)30(23)13-15(2)3/h7-9,12,15-16H,6,10-11,13-14H2,1-5H3,(H,28,31,33). The summed E-state index contributed by atoms with van der Waals surface area (Å²) < 4.78 is 13.0. The van der Waals surface area contributed by atoms with Crippen molar-refractivity contribution < 1.29 is 14.3 Å². The van der Waals surface area contributed by atoms with Crippen LogP contribution in [-0.4, -0.2) is 45.1 Å². The lowest BCUT2D eigenvalue weighted by atomic mass is 10.0. The van der Waals surface area contributed by atoms with E-state index in [-0.39, 0.29) is 40.9 Å². The van der Waals surface area contributed by atoms with E-state index in [4.69, 9.17) is 9.47 Å². The van der Waals surface area contributed by atoms with Gasteiger partial charge >= 0.3 is 5.69 Å². The highest BCUT2D eigenvalue weighted by Gasteiger charge is 2.25. The van der Waals surface area contributed by atoms with Gasteiger partial charge in [-0.1, -0.05) is 39.8 Å². The predicted molar refractivity (Wildman–Crippen MR) is 133 cm³/mol. The van der Waals surface area contributed by atoms with E-state index in [1.165, 1.54) is 4.57 Å². The molecule has 1 amide bonds. The number of fused-ring (bicyclic) bond motifs is 2. The molecular formula is C26H32N4O5. The number of benzene rings is 1. The minimum atomic E-state index is -0.610. The molecular weight excluding hydrogens is 448 g/mol. The molecule has 9 nitrogen and oxygen atoms in total. The summed E-state index contributed by atoms with van der Waals surface area (Å²) in [6.07, 6.45) is 0. The highest BCUT2D eigenvalue weighted by molar-refractivity contribution is 6.05. The second kappa shape index (κ2) is 9.93. The molecule has 35 heavy (non-hydrogen) atoms. The van der Waals surface area contributed by atoms with Crippen molar-refractivity contribution in [2.75, 3.05) is 19.8 Å². The molecule has 2 aromatic heterocycles. The second-order valence-electron chi connectivity index (χ2n) is 9.47. The number of hydrogen-bond donors (Lipinski definition) is 1. The number of nitrogens with zero attached hydrogens (tertiary/aromatic N) is 3. The van der Waals surface area contributed by atoms with Crippen LogP contribution in [0, 0.1) is 5.92 Å². The van der Waals surface area contributed by atoms with Gasteiger partial charge in [-0.15, -0.1) is 0 Å². The molecule has 1 aliphatic rings. The molecule has 0 radical (unpaired) electrons. The van der Waals surface area contributed by atoms with Crippen molar-refractivity contribution in [2.45, 2.75) is 53.6 Å². The number of nitrogens with one attached hydrogen (secondary N) is 1. The van der Waals surface area contributed by atoms with Gasteiger partial charge < -0.3 is 14.4 Å². The Kier molecular flexibility index (Phi) is 6.95. The third-order valence-electron chi connectivity index (χ3n) is 6.02. The van der Waals surface area contributed by atoms with Gasteiger partial charge in [0.05, 0.1) is 10.9 Å². The summed E-state index contributed by atoms with van der Waals surface area (Å²) >= 11 is 0. The summed E-state index contributed by atoms with van der Waals surface area (Å²) in [5.41, 5.74) is 0.816. The highest BCUT2D eigenvalue weighted by atomic mass is 16.6. The van der Waals surface area contributed by atoms with Crippen molar-refractivity contribution in [3.8, 4) is 11.5 Å². The smallest absolute Gasteiger partial charge is 0.330 e. The first-order chi connectivity index (χ1) is 16.7. The van der Waals surface area contributed by atoms with Crippen LogP contribution in [0.1, 0.15) is 62.2 Å². The molecule has 3 heterocycles. The van der Waals surface area contributed by atoms with Crippen LogP contribution >= 0.6 is 0 Å². The summed E-state index contributed by atoms with van der Waals surface area (Å²) in [7, 11) is 0. The summed E-state index contributed by atoms with van der Waals surface area (Å²) in [6, 6.07) is 7.29. The Morgan fingerprint density at radius 3 is 2.60 bits per heavy atom. The zero-order valence-corrected chi connectivity index (χ0v) is 20.9. The third kappa shape index (κ3) is 4.80. The van der Waals surface area contributed by atoms with E-state index < -0.39 is 11.2 Å². The van der Waals surface area contributed by atoms with Gasteiger partial charge in [-0.05, 0) is 30.9 Å². The molecule has 0 bridgehead atoms. The van der Waals surface area contributed by atoms with Crippen molar-refractivity contribution >= 4 is 16.9 Å². The Hall–Kier alpha value is -3.62. The Bertz CT molecular complexity index is 1370. The highest BCUT2D eigenvalue weighted by Crippen LogP contribution is 2.34. The summed E-state index contributed by atoms with van der Waals surface area (Å²) in [5.74, 6) is 1.12. The Balaban J connectivity index is 1.85. The van der Waals surface area contributed by atoms with E-state index in [1.807, 2.05) is 52.8 Å². The number of hydrogen-bond acceptors (Lipinski definition) is 6. The van der Waals surface area contributed by atoms with Crippen molar-refractivity contribution in [1.82, 2.24) is 19.4 Å². The lowest BCUT2D eigenvalue weighted by Crippen LogP contribution is -2.36. The summed E-state index contributed by atoms with van der Waals surface area (Å²) in [5, 5.41) is 0.132. The number of amides is 1. The summed E-state index contributed by atoms with van der Waals surface area (Å²) in [4.78, 5) is 48.2. The molecule has 1 aliphatic heterocycles. The molecule has 1 aromatic carbocycles. The normalized spacial score (nSPS) is 13.0. The number of aromatic amines is 1. The van der Waals surface area contributed by atoms with E-state index >= 15 is 0 Å². The Morgan fingerprint density at radius 1 is 1.17 bits per heavy atom. The molecule has 4 rings (SSSR count). The lowest BCUT2D eigenvalue weighted by molar-refractivity contribution is 0.0750. The number of rotatable bonds is 7. The molecule has 0 atom stereocenters. The van der Waals surface area contributed by atoms with Crippen LogP contribution in [0.5, 0.6) is 11.5 Å². The van der Waals surface area contributed by atoms with Crippen LogP contribution < -0.4 is 20.7 Å². The average molecular weight is 481 g/mol. The number of aromatic nitrogens is 3. The van der Waals surface area contributed by atoms with E-state index in [9.17, 15) is 14.4 Å². The molecule has 0 spiro atoms. The SMILES string of the molecule is CCN(Cc1cccc2c1OCCO2)C(=O)c1cc(C(C)C)nc2c1c(=O)[nH]c(=O)n2CC(C)C. The van der Waals surface area contributed by atoms with Crippen LogP contribution in [0.25, 0.3) is 11.0 Å². The van der Waals surface area contributed by atoms with Crippen LogP contribution in [0.15, 0.2) is 33.9 Å². The first-order valence-electron chi connectivity index (χ1n) is 12.1. The first-order valence-corrected chi connectivity index (χ1v) is 12.1. The fraction of sp³-hybridized carbons (Fsp3) is 0.462. The van der Waals surface area contributed by atoms with Gasteiger partial charge in [0.25, 0.3) is 11.5 Å². The maximum atomic E-state index is 13.9. The van der Waals surface area contributed by atoms with Crippen LogP contribution in [0.4, 0.5) is 0 Å². The maximum absolute atomic E-state index is 13.9. The molecule has 186 valence electrons. The molecule has 0 unspecified atom stereocenters. The topological polar surface area (TPSA) is 107 Å². The van der Waals surface area contributed by atoms with Crippen molar-refractivity contribution in [1.29, 1.82) is 0 Å². The fourth-order valence-electron chi connectivity index (χ4n) is 4.25. The van der Waals surface area contributed by atoms with E-state index in [0.29, 0.717) is 43.5 Å². The molecule has 0 aliphatic carbocycles. The fourth-order valence-corrected chi connectivity index (χ4v) is 4.25. The minimum absolute atomic E-state index is 0.00499. The van der Waals surface area contributed by atoms with E-state index in [1.54, 1.807) is 11.0 Å².